The smallest absolute Gasteiger partial charge is 0.171 e. The summed E-state index contributed by atoms with van der Waals surface area (Å²) >= 11 is 0. The number of ketones is 1. The molecule has 25 heavy (non-hydrogen) atoms. The minimum absolute atomic E-state index is 0.0786. The van der Waals surface area contributed by atoms with Gasteiger partial charge in [-0.05, 0) is 55.0 Å². The van der Waals surface area contributed by atoms with E-state index in [2.05, 4.69) is 16.5 Å². The van der Waals surface area contributed by atoms with Gasteiger partial charge in [-0.3, -0.25) is 9.48 Å². The zero-order valence-electron chi connectivity index (χ0n) is 14.9. The minimum atomic E-state index is 0.0786. The van der Waals surface area contributed by atoms with Crippen molar-refractivity contribution in [2.24, 2.45) is 13.0 Å². The Morgan fingerprint density at radius 2 is 2.24 bits per heavy atom. The van der Waals surface area contributed by atoms with Crippen LogP contribution in [0.2, 0.25) is 0 Å². The Hall–Kier alpha value is -2.14. The van der Waals surface area contributed by atoms with Gasteiger partial charge in [0.15, 0.2) is 5.78 Å². The third-order valence-corrected chi connectivity index (χ3v) is 5.23. The van der Waals surface area contributed by atoms with Crippen molar-refractivity contribution in [3.05, 3.63) is 47.3 Å². The van der Waals surface area contributed by atoms with Crippen LogP contribution < -0.4 is 10.1 Å². The highest BCUT2D eigenvalue weighted by atomic mass is 16.5. The number of nitrogens with zero attached hydrogens (tertiary/aromatic N) is 2. The Bertz CT molecular complexity index is 779. The van der Waals surface area contributed by atoms with E-state index < -0.39 is 0 Å². The molecule has 1 heterocycles. The molecule has 0 spiro atoms. The summed E-state index contributed by atoms with van der Waals surface area (Å²) in [4.78, 5) is 12.8. The summed E-state index contributed by atoms with van der Waals surface area (Å²) in [5, 5.41) is 7.80. The van der Waals surface area contributed by atoms with Crippen LogP contribution in [-0.4, -0.2) is 35.3 Å². The molecule has 2 atom stereocenters. The fourth-order valence-electron chi connectivity index (χ4n) is 3.45. The van der Waals surface area contributed by atoms with Gasteiger partial charge in [-0.1, -0.05) is 6.07 Å². The molecular formula is C20H25N3O2. The largest absolute Gasteiger partial charge is 0.496 e. The molecule has 2 aliphatic rings. The molecule has 1 aromatic carbocycles. The van der Waals surface area contributed by atoms with Crippen LogP contribution in [0.25, 0.3) is 0 Å². The molecule has 0 radical (unpaired) electrons. The number of ether oxygens (including phenoxy) is 1. The number of nitrogens with one attached hydrogen (secondary N) is 1. The van der Waals surface area contributed by atoms with Gasteiger partial charge in [0, 0.05) is 31.6 Å². The van der Waals surface area contributed by atoms with Crippen molar-refractivity contribution in [1.29, 1.82) is 0 Å². The van der Waals surface area contributed by atoms with Gasteiger partial charge >= 0.3 is 0 Å². The number of hydrogen-bond acceptors (Lipinski definition) is 4. The Balaban J connectivity index is 1.47. The number of aryl methyl sites for hydroxylation is 1. The van der Waals surface area contributed by atoms with E-state index in [4.69, 9.17) is 4.74 Å². The normalized spacial score (nSPS) is 22.0. The highest BCUT2D eigenvalue weighted by Gasteiger charge is 2.39. The molecule has 132 valence electrons. The summed E-state index contributed by atoms with van der Waals surface area (Å²) in [5.74, 6) is 2.15. The lowest BCUT2D eigenvalue weighted by molar-refractivity contribution is 0.0990. The van der Waals surface area contributed by atoms with E-state index in [1.807, 2.05) is 25.4 Å². The van der Waals surface area contributed by atoms with Gasteiger partial charge in [0.2, 0.25) is 0 Å². The Morgan fingerprint density at radius 1 is 1.40 bits per heavy atom. The predicted octanol–water partition coefficient (Wildman–Crippen LogP) is 2.71. The third kappa shape index (κ3) is 3.76. The zero-order valence-corrected chi connectivity index (χ0v) is 14.9. The second-order valence-corrected chi connectivity index (χ2v) is 7.38. The minimum Gasteiger partial charge on any atom is -0.496 e. The zero-order chi connectivity index (χ0) is 17.4. The number of Topliss-reactive ketones (excluding diaryl/α,β-unsaturated/α-hetero) is 1. The predicted molar refractivity (Wildman–Crippen MR) is 96.1 cm³/mol. The van der Waals surface area contributed by atoms with E-state index in [1.54, 1.807) is 18.0 Å². The lowest BCUT2D eigenvalue weighted by atomic mass is 9.99. The summed E-state index contributed by atoms with van der Waals surface area (Å²) in [6.45, 7) is 1.14. The molecule has 2 fully saturated rings. The topological polar surface area (TPSA) is 56.1 Å². The first kappa shape index (κ1) is 16.3. The number of rotatable bonds is 8. The monoisotopic (exact) mass is 339 g/mol. The van der Waals surface area contributed by atoms with Crippen LogP contribution in [0.15, 0.2) is 30.6 Å². The van der Waals surface area contributed by atoms with Crippen LogP contribution in [0.4, 0.5) is 0 Å². The average molecular weight is 339 g/mol. The average Bonchev–Trinajstić information content (AvgIpc) is 3.52. The van der Waals surface area contributed by atoms with Crippen molar-refractivity contribution in [3.8, 4) is 5.75 Å². The number of hydrogen-bond donors (Lipinski definition) is 1. The molecule has 4 rings (SSSR count). The van der Waals surface area contributed by atoms with Gasteiger partial charge in [0.25, 0.3) is 0 Å². The molecule has 2 saturated carbocycles. The summed E-state index contributed by atoms with van der Waals surface area (Å²) in [6.07, 6.45) is 7.89. The van der Waals surface area contributed by atoms with Gasteiger partial charge < -0.3 is 10.1 Å². The van der Waals surface area contributed by atoms with E-state index in [0.29, 0.717) is 29.7 Å². The van der Waals surface area contributed by atoms with E-state index in [9.17, 15) is 4.79 Å². The van der Waals surface area contributed by atoms with Crippen molar-refractivity contribution in [2.75, 3.05) is 13.7 Å². The molecule has 1 aromatic heterocycles. The van der Waals surface area contributed by atoms with Crippen LogP contribution in [0.3, 0.4) is 0 Å². The van der Waals surface area contributed by atoms with E-state index in [0.717, 1.165) is 24.4 Å². The number of methoxy groups -OCH3 is 1. The van der Waals surface area contributed by atoms with E-state index in [1.165, 1.54) is 18.4 Å². The summed E-state index contributed by atoms with van der Waals surface area (Å²) in [7, 11) is 3.48. The molecular weight excluding hydrogens is 314 g/mol. The number of carbonyl (C=O) groups is 1. The molecule has 0 aliphatic heterocycles. The summed E-state index contributed by atoms with van der Waals surface area (Å²) in [5.41, 5.74) is 2.84. The van der Waals surface area contributed by atoms with Gasteiger partial charge in [-0.2, -0.15) is 5.10 Å². The number of carbonyl (C=O) groups excluding carboxylic acids is 1. The fourth-order valence-corrected chi connectivity index (χ4v) is 3.45. The molecule has 0 saturated heterocycles. The lowest BCUT2D eigenvalue weighted by Crippen LogP contribution is -2.20. The van der Waals surface area contributed by atoms with Crippen LogP contribution in [0, 0.1) is 5.92 Å². The van der Waals surface area contributed by atoms with Crippen molar-refractivity contribution in [3.63, 3.8) is 0 Å². The maximum absolute atomic E-state index is 12.8. The quantitative estimate of drug-likeness (QED) is 0.751. The maximum Gasteiger partial charge on any atom is 0.171 e. The highest BCUT2D eigenvalue weighted by Crippen LogP contribution is 2.43. The highest BCUT2D eigenvalue weighted by molar-refractivity contribution is 6.00. The van der Waals surface area contributed by atoms with Crippen molar-refractivity contribution < 1.29 is 9.53 Å². The first-order valence-electron chi connectivity index (χ1n) is 9.06. The Kier molecular flexibility index (Phi) is 4.34. The van der Waals surface area contributed by atoms with Crippen LogP contribution in [0.5, 0.6) is 5.75 Å². The first-order valence-corrected chi connectivity index (χ1v) is 9.06. The number of aromatic nitrogens is 2. The second-order valence-electron chi connectivity index (χ2n) is 7.38. The van der Waals surface area contributed by atoms with Crippen molar-refractivity contribution in [2.45, 2.75) is 37.6 Å². The molecule has 5 nitrogen and oxygen atoms in total. The molecule has 1 N–H and O–H groups in total. The third-order valence-electron chi connectivity index (χ3n) is 5.23. The molecule has 2 aliphatic carbocycles. The van der Waals surface area contributed by atoms with Gasteiger partial charge in [0.1, 0.15) is 5.75 Å². The SMILES string of the molecule is COc1ccc(C2CC2NCC2CC2)cc1C(=O)Cc1cnn(C)c1. The maximum atomic E-state index is 12.8. The van der Waals surface area contributed by atoms with E-state index >= 15 is 0 Å². The standard InChI is InChI=1S/C20H25N3O2/c1-23-12-14(11-22-23)7-19(24)17-8-15(5-6-20(17)25-2)16-9-18(16)21-10-13-3-4-13/h5-6,8,11-13,16,18,21H,3-4,7,9-10H2,1-2H3. The van der Waals surface area contributed by atoms with Gasteiger partial charge in [-0.25, -0.2) is 0 Å². The fraction of sp³-hybridized carbons (Fsp3) is 0.500. The van der Waals surface area contributed by atoms with Gasteiger partial charge in [0.05, 0.1) is 18.9 Å². The lowest BCUT2D eigenvalue weighted by Gasteiger charge is -2.10. The molecule has 5 heteroatoms. The number of benzene rings is 1. The molecule has 2 aromatic rings. The second kappa shape index (κ2) is 6.64. The van der Waals surface area contributed by atoms with Crippen molar-refractivity contribution >= 4 is 5.78 Å². The van der Waals surface area contributed by atoms with Crippen LogP contribution in [-0.2, 0) is 13.5 Å². The first-order chi connectivity index (χ1) is 12.1. The summed E-state index contributed by atoms with van der Waals surface area (Å²) in [6, 6.07) is 6.63. The molecule has 0 amide bonds. The Morgan fingerprint density at radius 3 is 2.92 bits per heavy atom. The molecule has 0 bridgehead atoms. The van der Waals surface area contributed by atoms with Crippen LogP contribution in [0.1, 0.15) is 46.7 Å². The van der Waals surface area contributed by atoms with Gasteiger partial charge in [-0.15, -0.1) is 0 Å². The Labute approximate surface area is 148 Å². The summed E-state index contributed by atoms with van der Waals surface area (Å²) < 4.78 is 7.14. The van der Waals surface area contributed by atoms with Crippen molar-refractivity contribution in [1.82, 2.24) is 15.1 Å². The van der Waals surface area contributed by atoms with Crippen LogP contribution >= 0.6 is 0 Å². The van der Waals surface area contributed by atoms with E-state index in [-0.39, 0.29) is 5.78 Å². The molecule has 2 unspecified atom stereocenters.